The van der Waals surface area contributed by atoms with E-state index >= 15 is 0 Å². The molecule has 0 bridgehead atoms. The Morgan fingerprint density at radius 2 is 2.04 bits per heavy atom. The van der Waals surface area contributed by atoms with Crippen molar-refractivity contribution in [1.29, 1.82) is 0 Å². The maximum absolute atomic E-state index is 12.9. The van der Waals surface area contributed by atoms with E-state index in [9.17, 15) is 8.42 Å². The number of aromatic nitrogens is 2. The molecular weight excluding hydrogens is 362 g/mol. The first-order valence-electron chi connectivity index (χ1n) is 9.46. The SMILES string of the molecule is CC(C)CS(=O)(=O)c1ncc(CN(C)C2CCOC2)n1Cc1ccccc1. The predicted octanol–water partition coefficient (Wildman–Crippen LogP) is 2.58. The molecule has 1 aliphatic heterocycles. The van der Waals surface area contributed by atoms with Gasteiger partial charge in [-0.25, -0.2) is 13.4 Å². The molecule has 7 heteroatoms. The highest BCUT2D eigenvalue weighted by atomic mass is 32.2. The van der Waals surface area contributed by atoms with Crippen LogP contribution in [0.4, 0.5) is 0 Å². The van der Waals surface area contributed by atoms with Gasteiger partial charge in [0.1, 0.15) is 0 Å². The summed E-state index contributed by atoms with van der Waals surface area (Å²) in [6, 6.07) is 10.3. The highest BCUT2D eigenvalue weighted by Crippen LogP contribution is 2.20. The minimum absolute atomic E-state index is 0.0543. The molecule has 0 aliphatic carbocycles. The van der Waals surface area contributed by atoms with Crippen LogP contribution in [0.1, 0.15) is 31.5 Å². The third kappa shape index (κ3) is 4.97. The average Bonchev–Trinajstić information content (AvgIpc) is 3.26. The Hall–Kier alpha value is -1.70. The summed E-state index contributed by atoms with van der Waals surface area (Å²) in [6.45, 7) is 6.48. The molecule has 1 aliphatic rings. The zero-order valence-electron chi connectivity index (χ0n) is 16.3. The summed E-state index contributed by atoms with van der Waals surface area (Å²) in [6.07, 6.45) is 2.71. The van der Waals surface area contributed by atoms with Gasteiger partial charge in [-0.3, -0.25) is 4.90 Å². The number of imidazole rings is 1. The van der Waals surface area contributed by atoms with Crippen LogP contribution in [0.2, 0.25) is 0 Å². The summed E-state index contributed by atoms with van der Waals surface area (Å²) in [5.74, 6) is 0.156. The lowest BCUT2D eigenvalue weighted by molar-refractivity contribution is 0.155. The van der Waals surface area contributed by atoms with E-state index in [2.05, 4.69) is 16.9 Å². The van der Waals surface area contributed by atoms with Crippen LogP contribution in [0.15, 0.2) is 41.7 Å². The van der Waals surface area contributed by atoms with E-state index in [1.165, 1.54) is 0 Å². The normalized spacial score (nSPS) is 17.9. The van der Waals surface area contributed by atoms with Crippen LogP contribution in [-0.4, -0.2) is 54.9 Å². The maximum atomic E-state index is 12.9. The number of rotatable bonds is 8. The number of hydrogen-bond donors (Lipinski definition) is 0. The van der Waals surface area contributed by atoms with Crippen molar-refractivity contribution in [2.24, 2.45) is 5.92 Å². The Labute approximate surface area is 162 Å². The monoisotopic (exact) mass is 391 g/mol. The molecule has 3 rings (SSSR count). The van der Waals surface area contributed by atoms with Crippen molar-refractivity contribution in [1.82, 2.24) is 14.5 Å². The lowest BCUT2D eigenvalue weighted by Crippen LogP contribution is -2.32. The van der Waals surface area contributed by atoms with Crippen LogP contribution >= 0.6 is 0 Å². The Bertz CT molecular complexity index is 841. The van der Waals surface area contributed by atoms with E-state index in [1.807, 2.05) is 48.7 Å². The molecule has 2 heterocycles. The molecule has 1 saturated heterocycles. The van der Waals surface area contributed by atoms with Crippen LogP contribution in [0, 0.1) is 5.92 Å². The molecule has 1 aromatic heterocycles. The molecule has 148 valence electrons. The van der Waals surface area contributed by atoms with Gasteiger partial charge in [-0.2, -0.15) is 0 Å². The second-order valence-corrected chi connectivity index (χ2v) is 9.64. The van der Waals surface area contributed by atoms with E-state index in [4.69, 9.17) is 4.74 Å². The van der Waals surface area contributed by atoms with E-state index < -0.39 is 9.84 Å². The van der Waals surface area contributed by atoms with Gasteiger partial charge in [-0.1, -0.05) is 44.2 Å². The van der Waals surface area contributed by atoms with Gasteiger partial charge < -0.3 is 9.30 Å². The molecule has 27 heavy (non-hydrogen) atoms. The van der Waals surface area contributed by atoms with E-state index in [0.29, 0.717) is 19.1 Å². The van der Waals surface area contributed by atoms with Crippen molar-refractivity contribution in [3.63, 3.8) is 0 Å². The van der Waals surface area contributed by atoms with Crippen molar-refractivity contribution >= 4 is 9.84 Å². The first-order valence-corrected chi connectivity index (χ1v) is 11.1. The molecule has 1 atom stereocenters. The number of benzene rings is 1. The number of sulfone groups is 1. The van der Waals surface area contributed by atoms with Gasteiger partial charge in [0.05, 0.1) is 30.8 Å². The summed E-state index contributed by atoms with van der Waals surface area (Å²) >= 11 is 0. The first kappa shape index (κ1) is 20.0. The van der Waals surface area contributed by atoms with Crippen LogP contribution < -0.4 is 0 Å². The smallest absolute Gasteiger partial charge is 0.228 e. The van der Waals surface area contributed by atoms with Crippen LogP contribution in [-0.2, 0) is 27.7 Å². The van der Waals surface area contributed by atoms with Crippen molar-refractivity contribution in [3.05, 3.63) is 47.8 Å². The van der Waals surface area contributed by atoms with Crippen molar-refractivity contribution in [2.45, 2.75) is 44.6 Å². The number of hydrogen-bond acceptors (Lipinski definition) is 5. The summed E-state index contributed by atoms with van der Waals surface area (Å²) in [5.41, 5.74) is 1.97. The second-order valence-electron chi connectivity index (χ2n) is 7.71. The maximum Gasteiger partial charge on any atom is 0.228 e. The molecule has 1 aromatic carbocycles. The fourth-order valence-corrected chi connectivity index (χ4v) is 5.23. The first-order chi connectivity index (χ1) is 12.9. The molecule has 1 unspecified atom stereocenters. The number of ether oxygens (including phenoxy) is 1. The highest BCUT2D eigenvalue weighted by Gasteiger charge is 2.26. The minimum Gasteiger partial charge on any atom is -0.380 e. The number of nitrogens with zero attached hydrogens (tertiary/aromatic N) is 3. The molecule has 0 spiro atoms. The van der Waals surface area contributed by atoms with Gasteiger partial charge in [0.15, 0.2) is 0 Å². The lowest BCUT2D eigenvalue weighted by atomic mass is 10.2. The standard InChI is InChI=1S/C20H29N3O3S/c1-16(2)15-27(24,25)20-21-11-19(13-22(3)18-9-10-26-14-18)23(20)12-17-7-5-4-6-8-17/h4-8,11,16,18H,9-10,12-15H2,1-3H3. The Balaban J connectivity index is 1.92. The summed E-state index contributed by atoms with van der Waals surface area (Å²) in [7, 11) is -1.38. The fraction of sp³-hybridized carbons (Fsp3) is 0.550. The zero-order chi connectivity index (χ0) is 19.4. The van der Waals surface area contributed by atoms with Gasteiger partial charge >= 0.3 is 0 Å². The molecule has 0 radical (unpaired) electrons. The quantitative estimate of drug-likeness (QED) is 0.692. The largest absolute Gasteiger partial charge is 0.380 e. The topological polar surface area (TPSA) is 64.4 Å². The third-order valence-corrected chi connectivity index (χ3v) is 6.84. The molecule has 2 aromatic rings. The molecule has 0 saturated carbocycles. The predicted molar refractivity (Wildman–Crippen MR) is 105 cm³/mol. The van der Waals surface area contributed by atoms with Crippen molar-refractivity contribution < 1.29 is 13.2 Å². The molecule has 1 fully saturated rings. The van der Waals surface area contributed by atoms with Crippen LogP contribution in [0.3, 0.4) is 0 Å². The zero-order valence-corrected chi connectivity index (χ0v) is 17.2. The van der Waals surface area contributed by atoms with E-state index in [1.54, 1.807) is 6.20 Å². The van der Waals surface area contributed by atoms with Crippen LogP contribution in [0.5, 0.6) is 0 Å². The minimum atomic E-state index is -3.44. The highest BCUT2D eigenvalue weighted by molar-refractivity contribution is 7.91. The molecule has 0 N–H and O–H groups in total. The van der Waals surface area contributed by atoms with E-state index in [-0.39, 0.29) is 16.8 Å². The Morgan fingerprint density at radius 3 is 2.67 bits per heavy atom. The van der Waals surface area contributed by atoms with Gasteiger partial charge in [0.25, 0.3) is 0 Å². The average molecular weight is 392 g/mol. The Morgan fingerprint density at radius 1 is 1.30 bits per heavy atom. The molecular formula is C20H29N3O3S. The van der Waals surface area contributed by atoms with Crippen LogP contribution in [0.25, 0.3) is 0 Å². The summed E-state index contributed by atoms with van der Waals surface area (Å²) in [4.78, 5) is 6.56. The fourth-order valence-electron chi connectivity index (χ4n) is 3.47. The van der Waals surface area contributed by atoms with Gasteiger partial charge in [0.2, 0.25) is 15.0 Å². The lowest BCUT2D eigenvalue weighted by Gasteiger charge is -2.23. The second kappa shape index (κ2) is 8.54. The Kier molecular flexibility index (Phi) is 6.34. The third-order valence-electron chi connectivity index (χ3n) is 4.86. The van der Waals surface area contributed by atoms with E-state index in [0.717, 1.165) is 30.9 Å². The summed E-state index contributed by atoms with van der Waals surface area (Å²) < 4.78 is 33.1. The van der Waals surface area contributed by atoms with Gasteiger partial charge in [-0.15, -0.1) is 0 Å². The number of likely N-dealkylation sites (N-methyl/N-ethyl adjacent to an activating group) is 1. The molecule has 0 amide bonds. The van der Waals surface area contributed by atoms with Gasteiger partial charge in [0, 0.05) is 19.2 Å². The van der Waals surface area contributed by atoms with Crippen molar-refractivity contribution in [2.75, 3.05) is 26.0 Å². The van der Waals surface area contributed by atoms with Gasteiger partial charge in [-0.05, 0) is 24.9 Å². The van der Waals surface area contributed by atoms with Crippen molar-refractivity contribution in [3.8, 4) is 0 Å². The summed E-state index contributed by atoms with van der Waals surface area (Å²) in [5, 5.41) is 0.172. The molecule has 6 nitrogen and oxygen atoms in total.